The van der Waals surface area contributed by atoms with Crippen LogP contribution in [0.1, 0.15) is 18.4 Å². The van der Waals surface area contributed by atoms with E-state index in [9.17, 15) is 4.79 Å². The Balaban J connectivity index is 1.73. The van der Waals surface area contributed by atoms with E-state index in [1.807, 2.05) is 24.3 Å². The first kappa shape index (κ1) is 11.5. The van der Waals surface area contributed by atoms with Crippen molar-refractivity contribution < 1.29 is 4.79 Å². The van der Waals surface area contributed by atoms with Crippen molar-refractivity contribution in [3.8, 4) is 0 Å². The molecule has 1 fully saturated rings. The highest BCUT2D eigenvalue weighted by atomic mass is 16.2. The number of nitrogens with one attached hydrogen (secondary N) is 3. The van der Waals surface area contributed by atoms with Gasteiger partial charge in [-0.2, -0.15) is 10.1 Å². The van der Waals surface area contributed by atoms with E-state index < -0.39 is 0 Å². The van der Waals surface area contributed by atoms with Gasteiger partial charge in [-0.05, 0) is 18.9 Å². The second kappa shape index (κ2) is 4.27. The summed E-state index contributed by atoms with van der Waals surface area (Å²) in [5.74, 6) is 0.314. The second-order valence-corrected chi connectivity index (χ2v) is 4.58. The van der Waals surface area contributed by atoms with Gasteiger partial charge in [-0.3, -0.25) is 5.32 Å². The Morgan fingerprint density at radius 1 is 1.37 bits per heavy atom. The van der Waals surface area contributed by atoms with Crippen LogP contribution < -0.4 is 16.4 Å². The first-order chi connectivity index (χ1) is 9.20. The van der Waals surface area contributed by atoms with Crippen molar-refractivity contribution in [2.75, 3.05) is 11.1 Å². The van der Waals surface area contributed by atoms with E-state index >= 15 is 0 Å². The van der Waals surface area contributed by atoms with Crippen molar-refractivity contribution in [1.29, 1.82) is 0 Å². The summed E-state index contributed by atoms with van der Waals surface area (Å²) in [7, 11) is 0. The van der Waals surface area contributed by atoms with Crippen LogP contribution in [0, 0.1) is 0 Å². The third-order valence-corrected chi connectivity index (χ3v) is 3.23. The van der Waals surface area contributed by atoms with Crippen molar-refractivity contribution in [3.63, 3.8) is 0 Å². The van der Waals surface area contributed by atoms with Gasteiger partial charge in [0.1, 0.15) is 6.33 Å². The van der Waals surface area contributed by atoms with Gasteiger partial charge in [-0.15, -0.1) is 0 Å². The first-order valence-corrected chi connectivity index (χ1v) is 5.99. The summed E-state index contributed by atoms with van der Waals surface area (Å²) in [5, 5.41) is 11.8. The number of carbonyl (C=O) groups is 1. The minimum atomic E-state index is -0.352. The normalized spacial score (nSPS) is 15.8. The zero-order chi connectivity index (χ0) is 13.3. The van der Waals surface area contributed by atoms with Crippen LogP contribution in [0.5, 0.6) is 0 Å². The number of nitrogens with zero attached hydrogens (tertiary/aromatic N) is 2. The zero-order valence-electron chi connectivity index (χ0n) is 10.2. The lowest BCUT2D eigenvalue weighted by atomic mass is 10.0. The Hall–Kier alpha value is -2.57. The van der Waals surface area contributed by atoms with Crippen LogP contribution >= 0.6 is 0 Å². The van der Waals surface area contributed by atoms with E-state index in [-0.39, 0.29) is 11.6 Å². The van der Waals surface area contributed by atoms with E-state index in [2.05, 4.69) is 25.8 Å². The Morgan fingerprint density at radius 2 is 2.16 bits per heavy atom. The molecule has 1 aliphatic carbocycles. The van der Waals surface area contributed by atoms with Crippen LogP contribution in [0.3, 0.4) is 0 Å². The third-order valence-electron chi connectivity index (χ3n) is 3.23. The molecule has 7 heteroatoms. The second-order valence-electron chi connectivity index (χ2n) is 4.58. The predicted molar refractivity (Wildman–Crippen MR) is 70.3 cm³/mol. The number of hydrogen-bond donors (Lipinski definition) is 4. The van der Waals surface area contributed by atoms with Crippen LogP contribution in [0.15, 0.2) is 30.6 Å². The molecule has 0 spiro atoms. The molecule has 0 atom stereocenters. The summed E-state index contributed by atoms with van der Waals surface area (Å²) in [4.78, 5) is 15.7. The maximum absolute atomic E-state index is 11.9. The van der Waals surface area contributed by atoms with Gasteiger partial charge in [0.2, 0.25) is 5.95 Å². The van der Waals surface area contributed by atoms with Gasteiger partial charge >= 0.3 is 6.03 Å². The molecule has 1 aromatic carbocycles. The molecule has 1 heterocycles. The Kier molecular flexibility index (Phi) is 2.59. The summed E-state index contributed by atoms with van der Waals surface area (Å²) < 4.78 is 0. The van der Waals surface area contributed by atoms with Gasteiger partial charge in [0.15, 0.2) is 0 Å². The van der Waals surface area contributed by atoms with E-state index in [1.165, 1.54) is 6.33 Å². The number of hydrogen-bond acceptors (Lipinski definition) is 4. The number of nitrogen functional groups attached to an aromatic ring is 1. The van der Waals surface area contributed by atoms with Gasteiger partial charge in [-0.25, -0.2) is 9.89 Å². The summed E-state index contributed by atoms with van der Waals surface area (Å²) in [5.41, 5.74) is 7.26. The average molecular weight is 258 g/mol. The summed E-state index contributed by atoms with van der Waals surface area (Å²) >= 11 is 0. The van der Waals surface area contributed by atoms with Crippen LogP contribution in [0.4, 0.5) is 16.4 Å². The molecule has 0 aliphatic heterocycles. The van der Waals surface area contributed by atoms with Crippen molar-refractivity contribution in [2.45, 2.75) is 18.4 Å². The summed E-state index contributed by atoms with van der Waals surface area (Å²) in [6, 6.07) is 7.26. The van der Waals surface area contributed by atoms with Gasteiger partial charge in [0.05, 0.1) is 5.54 Å². The molecule has 1 saturated carbocycles. The molecule has 7 nitrogen and oxygen atoms in total. The molecule has 2 aromatic rings. The summed E-state index contributed by atoms with van der Waals surface area (Å²) in [6.07, 6.45) is 3.09. The molecule has 0 saturated heterocycles. The highest BCUT2D eigenvalue weighted by molar-refractivity contribution is 5.88. The molecule has 5 N–H and O–H groups in total. The smallest absolute Gasteiger partial charge is 0.322 e. The molecule has 3 rings (SSSR count). The molecule has 2 amide bonds. The number of rotatable bonds is 3. The molecule has 0 unspecified atom stereocenters. The lowest BCUT2D eigenvalue weighted by Gasteiger charge is -2.19. The van der Waals surface area contributed by atoms with E-state index in [4.69, 9.17) is 5.73 Å². The van der Waals surface area contributed by atoms with Crippen molar-refractivity contribution in [1.82, 2.24) is 20.5 Å². The van der Waals surface area contributed by atoms with Crippen LogP contribution in [-0.4, -0.2) is 21.2 Å². The summed E-state index contributed by atoms with van der Waals surface area (Å²) in [6.45, 7) is 0. The predicted octanol–water partition coefficient (Wildman–Crippen LogP) is 1.20. The quantitative estimate of drug-likeness (QED) is 0.620. The molecule has 19 heavy (non-hydrogen) atoms. The molecule has 1 aliphatic rings. The third kappa shape index (κ3) is 2.22. The molecular weight excluding hydrogens is 244 g/mol. The fourth-order valence-corrected chi connectivity index (χ4v) is 2.14. The maximum Gasteiger partial charge on any atom is 0.322 e. The number of nitrogens with two attached hydrogens (primary N) is 1. The van der Waals surface area contributed by atoms with Crippen LogP contribution in [0.25, 0.3) is 0 Å². The fourth-order valence-electron chi connectivity index (χ4n) is 2.14. The van der Waals surface area contributed by atoms with E-state index in [0.29, 0.717) is 11.6 Å². The monoisotopic (exact) mass is 258 g/mol. The topological polar surface area (TPSA) is 109 Å². The molecule has 0 radical (unpaired) electrons. The van der Waals surface area contributed by atoms with Crippen molar-refractivity contribution in [2.24, 2.45) is 0 Å². The Bertz CT molecular complexity index is 590. The Morgan fingerprint density at radius 3 is 2.79 bits per heavy atom. The number of para-hydroxylation sites is 1. The lowest BCUT2D eigenvalue weighted by Crippen LogP contribution is -2.38. The van der Waals surface area contributed by atoms with Gasteiger partial charge in [0, 0.05) is 11.3 Å². The Labute approximate surface area is 109 Å². The lowest BCUT2D eigenvalue weighted by molar-refractivity contribution is 0.247. The maximum atomic E-state index is 11.9. The number of carbonyl (C=O) groups excluding carboxylic acids is 1. The number of aromatic amines is 1. The minimum Gasteiger partial charge on any atom is -0.398 e. The number of H-pyrrole nitrogens is 1. The number of anilines is 2. The first-order valence-electron chi connectivity index (χ1n) is 5.99. The van der Waals surface area contributed by atoms with E-state index in [0.717, 1.165) is 18.4 Å². The number of aromatic nitrogens is 3. The average Bonchev–Trinajstić information content (AvgIpc) is 2.97. The van der Waals surface area contributed by atoms with Crippen LogP contribution in [-0.2, 0) is 5.54 Å². The number of benzene rings is 1. The van der Waals surface area contributed by atoms with Crippen LogP contribution in [0.2, 0.25) is 0 Å². The van der Waals surface area contributed by atoms with Crippen molar-refractivity contribution in [3.05, 3.63) is 36.2 Å². The molecule has 1 aromatic heterocycles. The highest BCUT2D eigenvalue weighted by Crippen LogP contribution is 2.47. The van der Waals surface area contributed by atoms with E-state index in [1.54, 1.807) is 0 Å². The zero-order valence-corrected chi connectivity index (χ0v) is 10.2. The SMILES string of the molecule is Nc1ccccc1C1(NC(=O)Nc2ncn[nH]2)CC1. The minimum absolute atomic E-state index is 0.314. The van der Waals surface area contributed by atoms with Gasteiger partial charge in [-0.1, -0.05) is 18.2 Å². The number of urea groups is 1. The molecular formula is C12H14N6O. The molecule has 98 valence electrons. The number of amides is 2. The fraction of sp³-hybridized carbons (Fsp3) is 0.250. The largest absolute Gasteiger partial charge is 0.398 e. The van der Waals surface area contributed by atoms with Gasteiger partial charge in [0.25, 0.3) is 0 Å². The molecule has 0 bridgehead atoms. The standard InChI is InChI=1S/C12H14N6O/c13-9-4-2-1-3-8(9)12(5-6-12)17-11(19)16-10-14-7-15-18-10/h1-4,7H,5-6,13H2,(H3,14,15,16,17,18,19). The highest BCUT2D eigenvalue weighted by Gasteiger charge is 2.46. The van der Waals surface area contributed by atoms with Crippen molar-refractivity contribution >= 4 is 17.7 Å². The van der Waals surface area contributed by atoms with Gasteiger partial charge < -0.3 is 11.1 Å².